The lowest BCUT2D eigenvalue weighted by Crippen LogP contribution is -2.35. The van der Waals surface area contributed by atoms with Crippen LogP contribution in [0.5, 0.6) is 11.5 Å². The standard InChI is InChI=1S/C25H21ClN4O5/c1-2-33-24(32)20-21(26)17-13-28-25(27-12-16-14-34-18-10-6-7-11-19(18)35-16)29-22(17)30(23(20)31)15-8-4-3-5-9-15/h3-11,13,16H,2,12,14H2,1H3,(H,27,28,29)/t16-/m0/s1. The van der Waals surface area contributed by atoms with Crippen LogP contribution in [0.1, 0.15) is 17.3 Å². The molecule has 0 amide bonds. The van der Waals surface area contributed by atoms with Crippen molar-refractivity contribution >= 4 is 34.6 Å². The molecule has 0 spiro atoms. The molecule has 0 saturated heterocycles. The largest absolute Gasteiger partial charge is 0.486 e. The van der Waals surface area contributed by atoms with Crippen LogP contribution in [0.2, 0.25) is 5.02 Å². The highest BCUT2D eigenvalue weighted by Gasteiger charge is 2.25. The molecule has 1 aliphatic rings. The number of benzene rings is 2. The maximum atomic E-state index is 13.4. The van der Waals surface area contributed by atoms with E-state index < -0.39 is 11.5 Å². The second-order valence-electron chi connectivity index (χ2n) is 7.69. The van der Waals surface area contributed by atoms with Gasteiger partial charge >= 0.3 is 5.97 Å². The second kappa shape index (κ2) is 9.63. The second-order valence-corrected chi connectivity index (χ2v) is 8.07. The van der Waals surface area contributed by atoms with Crippen LogP contribution in [0, 0.1) is 0 Å². The average molecular weight is 493 g/mol. The zero-order valence-corrected chi connectivity index (χ0v) is 19.5. The zero-order chi connectivity index (χ0) is 24.4. The number of carbonyl (C=O) groups excluding carboxylic acids is 1. The first-order valence-corrected chi connectivity index (χ1v) is 11.4. The zero-order valence-electron chi connectivity index (χ0n) is 18.7. The van der Waals surface area contributed by atoms with E-state index in [2.05, 4.69) is 15.3 Å². The molecule has 0 unspecified atom stereocenters. The first kappa shape index (κ1) is 22.7. The number of rotatable bonds is 6. The van der Waals surface area contributed by atoms with Crippen molar-refractivity contribution in [2.24, 2.45) is 0 Å². The molecule has 178 valence electrons. The molecule has 2 aromatic heterocycles. The van der Waals surface area contributed by atoms with Crippen LogP contribution < -0.4 is 20.3 Å². The van der Waals surface area contributed by atoms with Crippen LogP contribution in [-0.2, 0) is 4.74 Å². The maximum Gasteiger partial charge on any atom is 0.345 e. The molecule has 9 nitrogen and oxygen atoms in total. The SMILES string of the molecule is CCOC(=O)c1c(Cl)c2cnc(NC[C@H]3COc4ccccc4O3)nc2n(-c2ccccc2)c1=O. The van der Waals surface area contributed by atoms with Crippen LogP contribution in [-0.4, -0.2) is 46.4 Å². The number of pyridine rings is 1. The third-order valence-electron chi connectivity index (χ3n) is 5.40. The molecular weight excluding hydrogens is 472 g/mol. The summed E-state index contributed by atoms with van der Waals surface area (Å²) in [6, 6.07) is 16.3. The lowest BCUT2D eigenvalue weighted by molar-refractivity contribution is 0.0524. The predicted octanol–water partition coefficient (Wildman–Crippen LogP) is 3.86. The molecule has 3 heterocycles. The first-order chi connectivity index (χ1) is 17.1. The number of hydrogen-bond donors (Lipinski definition) is 1. The Hall–Kier alpha value is -4.11. The number of carbonyl (C=O) groups is 1. The van der Waals surface area contributed by atoms with Gasteiger partial charge in [-0.1, -0.05) is 41.9 Å². The topological polar surface area (TPSA) is 105 Å². The van der Waals surface area contributed by atoms with Crippen molar-refractivity contribution in [1.29, 1.82) is 0 Å². The highest BCUT2D eigenvalue weighted by molar-refractivity contribution is 6.38. The summed E-state index contributed by atoms with van der Waals surface area (Å²) in [7, 11) is 0. The lowest BCUT2D eigenvalue weighted by atomic mass is 10.2. The monoisotopic (exact) mass is 492 g/mol. The van der Waals surface area contributed by atoms with Gasteiger partial charge in [-0.05, 0) is 31.2 Å². The molecule has 1 aliphatic heterocycles. The molecule has 1 N–H and O–H groups in total. The number of para-hydroxylation sites is 3. The Morgan fingerprint density at radius 1 is 1.17 bits per heavy atom. The van der Waals surface area contributed by atoms with Crippen LogP contribution in [0.3, 0.4) is 0 Å². The molecule has 0 aliphatic carbocycles. The third kappa shape index (κ3) is 4.38. The minimum Gasteiger partial charge on any atom is -0.486 e. The fourth-order valence-electron chi connectivity index (χ4n) is 3.79. The fraction of sp³-hybridized carbons (Fsp3) is 0.200. The molecule has 0 radical (unpaired) electrons. The Morgan fingerprint density at radius 3 is 2.69 bits per heavy atom. The number of halogens is 1. The number of esters is 1. The number of hydrogen-bond acceptors (Lipinski definition) is 8. The number of aromatic nitrogens is 3. The Morgan fingerprint density at radius 2 is 1.91 bits per heavy atom. The minimum absolute atomic E-state index is 0.0530. The van der Waals surface area contributed by atoms with E-state index in [1.165, 1.54) is 10.8 Å². The number of nitrogens with zero attached hydrogens (tertiary/aromatic N) is 3. The van der Waals surface area contributed by atoms with Gasteiger partial charge in [0.15, 0.2) is 17.1 Å². The molecular formula is C25H21ClN4O5. The molecule has 4 aromatic rings. The van der Waals surface area contributed by atoms with E-state index in [0.717, 1.165) is 0 Å². The van der Waals surface area contributed by atoms with Gasteiger partial charge in [0.25, 0.3) is 5.56 Å². The molecule has 0 saturated carbocycles. The van der Waals surface area contributed by atoms with Crippen LogP contribution in [0.4, 0.5) is 5.95 Å². The Labute approximate surface area is 205 Å². The number of fused-ring (bicyclic) bond motifs is 2. The van der Waals surface area contributed by atoms with E-state index in [1.54, 1.807) is 31.2 Å². The molecule has 10 heteroatoms. The van der Waals surface area contributed by atoms with Gasteiger partial charge in [-0.15, -0.1) is 0 Å². The molecule has 1 atom stereocenters. The lowest BCUT2D eigenvalue weighted by Gasteiger charge is -2.26. The minimum atomic E-state index is -0.800. The first-order valence-electron chi connectivity index (χ1n) is 11.0. The summed E-state index contributed by atoms with van der Waals surface area (Å²) in [6.07, 6.45) is 1.21. The van der Waals surface area contributed by atoms with Gasteiger partial charge in [0.05, 0.1) is 29.2 Å². The highest BCUT2D eigenvalue weighted by Crippen LogP contribution is 2.31. The van der Waals surface area contributed by atoms with E-state index in [4.69, 9.17) is 25.8 Å². The van der Waals surface area contributed by atoms with Gasteiger partial charge in [-0.3, -0.25) is 9.36 Å². The summed E-state index contributed by atoms with van der Waals surface area (Å²) >= 11 is 6.48. The van der Waals surface area contributed by atoms with E-state index in [0.29, 0.717) is 35.7 Å². The van der Waals surface area contributed by atoms with Crippen molar-refractivity contribution in [3.63, 3.8) is 0 Å². The van der Waals surface area contributed by atoms with E-state index in [-0.39, 0.29) is 34.9 Å². The smallest absolute Gasteiger partial charge is 0.345 e. The predicted molar refractivity (Wildman–Crippen MR) is 131 cm³/mol. The average Bonchev–Trinajstić information content (AvgIpc) is 2.88. The molecule has 0 bridgehead atoms. The van der Waals surface area contributed by atoms with Crippen molar-refractivity contribution in [2.75, 3.05) is 25.1 Å². The van der Waals surface area contributed by atoms with Gasteiger partial charge in [-0.2, -0.15) is 4.98 Å². The number of ether oxygens (including phenoxy) is 3. The van der Waals surface area contributed by atoms with Crippen LogP contribution in [0.15, 0.2) is 65.6 Å². The van der Waals surface area contributed by atoms with E-state index in [1.807, 2.05) is 30.3 Å². The summed E-state index contributed by atoms with van der Waals surface area (Å²) in [5.41, 5.74) is -0.115. The van der Waals surface area contributed by atoms with Gasteiger partial charge < -0.3 is 19.5 Å². The van der Waals surface area contributed by atoms with Gasteiger partial charge in [0, 0.05) is 6.20 Å². The highest BCUT2D eigenvalue weighted by atomic mass is 35.5. The Bertz CT molecular complexity index is 1460. The van der Waals surface area contributed by atoms with E-state index in [9.17, 15) is 9.59 Å². The summed E-state index contributed by atoms with van der Waals surface area (Å²) in [5, 5.41) is 3.42. The quantitative estimate of drug-likeness (QED) is 0.404. The number of nitrogens with one attached hydrogen (secondary N) is 1. The number of anilines is 1. The summed E-state index contributed by atoms with van der Waals surface area (Å²) in [4.78, 5) is 34.9. The normalized spacial score (nSPS) is 14.5. The van der Waals surface area contributed by atoms with Crippen molar-refractivity contribution in [3.05, 3.63) is 81.7 Å². The fourth-order valence-corrected chi connectivity index (χ4v) is 4.08. The molecule has 0 fully saturated rings. The summed E-state index contributed by atoms with van der Waals surface area (Å²) < 4.78 is 18.1. The third-order valence-corrected chi connectivity index (χ3v) is 5.80. The van der Waals surface area contributed by atoms with Crippen LogP contribution >= 0.6 is 11.6 Å². The van der Waals surface area contributed by atoms with Crippen molar-refractivity contribution in [3.8, 4) is 17.2 Å². The van der Waals surface area contributed by atoms with Crippen molar-refractivity contribution < 1.29 is 19.0 Å². The maximum absolute atomic E-state index is 13.4. The van der Waals surface area contributed by atoms with Gasteiger partial charge in [0.1, 0.15) is 18.3 Å². The van der Waals surface area contributed by atoms with Crippen LogP contribution in [0.25, 0.3) is 16.7 Å². The molecule has 2 aromatic carbocycles. The van der Waals surface area contributed by atoms with Gasteiger partial charge in [0.2, 0.25) is 5.95 Å². The Balaban J connectivity index is 1.52. The van der Waals surface area contributed by atoms with Crippen molar-refractivity contribution in [1.82, 2.24) is 14.5 Å². The van der Waals surface area contributed by atoms with Gasteiger partial charge in [-0.25, -0.2) is 9.78 Å². The summed E-state index contributed by atoms with van der Waals surface area (Å²) in [5.74, 6) is 0.834. The van der Waals surface area contributed by atoms with E-state index >= 15 is 0 Å². The van der Waals surface area contributed by atoms with Crippen molar-refractivity contribution in [2.45, 2.75) is 13.0 Å². The molecule has 5 rings (SSSR count). The summed E-state index contributed by atoms with van der Waals surface area (Å²) in [6.45, 7) is 2.49. The molecule has 35 heavy (non-hydrogen) atoms. The Kier molecular flexibility index (Phi) is 6.24.